The van der Waals surface area contributed by atoms with Crippen LogP contribution in [0.15, 0.2) is 158 Å². The van der Waals surface area contributed by atoms with Crippen molar-refractivity contribution in [3.05, 3.63) is 181 Å². The van der Waals surface area contributed by atoms with Crippen molar-refractivity contribution in [2.24, 2.45) is 28.2 Å². The van der Waals surface area contributed by atoms with Gasteiger partial charge < -0.3 is 59.6 Å². The molecule has 3 aromatic carbocycles. The zero-order chi connectivity index (χ0) is 43.1. The van der Waals surface area contributed by atoms with E-state index < -0.39 is 0 Å². The van der Waals surface area contributed by atoms with Gasteiger partial charge in [0.25, 0.3) is 0 Å². The molecule has 8 bridgehead atoms. The number of aryl methyl sites for hydroxylation is 4. The number of nitrogens with zero attached hydrogens (tertiary/aromatic N) is 6. The lowest BCUT2D eigenvalue weighted by atomic mass is 10.0. The van der Waals surface area contributed by atoms with Crippen LogP contribution in [0, 0.1) is 0 Å². The second-order valence-electron chi connectivity index (χ2n) is 17.0. The Morgan fingerprint density at radius 1 is 0.353 bits per heavy atom. The van der Waals surface area contributed by atoms with Crippen molar-refractivity contribution in [3.8, 4) is 44.5 Å². The second kappa shape index (κ2) is 18.8. The zero-order valence-corrected chi connectivity index (χ0v) is 40.5. The summed E-state index contributed by atoms with van der Waals surface area (Å²) in [5, 5.41) is 3.46. The number of aromatic nitrogens is 8. The van der Waals surface area contributed by atoms with E-state index >= 15 is 0 Å². The van der Waals surface area contributed by atoms with Crippen LogP contribution >= 0.6 is 0 Å². The van der Waals surface area contributed by atoms with Crippen molar-refractivity contribution in [1.82, 2.24) is 19.9 Å². The van der Waals surface area contributed by atoms with Crippen molar-refractivity contribution in [2.45, 2.75) is 0 Å². The van der Waals surface area contributed by atoms with Crippen molar-refractivity contribution in [2.75, 3.05) is 0 Å². The van der Waals surface area contributed by atoms with E-state index in [-0.39, 0.29) is 49.6 Å². The predicted octanol–water partition coefficient (Wildman–Crippen LogP) is -1.90. The largest absolute Gasteiger partial charge is 1.00 e. The Hall–Kier alpha value is -7.20. The first kappa shape index (κ1) is 47.3. The summed E-state index contributed by atoms with van der Waals surface area (Å²) in [4.78, 5) is 19.0. The van der Waals surface area contributed by atoms with Crippen molar-refractivity contribution in [3.63, 3.8) is 0 Å². The molecule has 0 aliphatic carbocycles. The SMILES string of the molecule is C[n+]1cccc(-c2c3nc(c(-c4cc5ccccc5[n+](C)c4)c4ccc([nH]4)c(-c4cc5ccccc5[n+](C)c4)c4nc(c(-c5cc6ccccc6[n+](C)c5)c5ccc2[nH]5)C=C4)C=C3)c1.[Cl-].[Cl-].[Cl-].[Cl-]. The molecule has 9 heterocycles. The molecule has 68 heavy (non-hydrogen) atoms. The quantitative estimate of drug-likeness (QED) is 0.203. The van der Waals surface area contributed by atoms with Gasteiger partial charge in [0.15, 0.2) is 31.0 Å². The third-order valence-corrected chi connectivity index (χ3v) is 12.7. The van der Waals surface area contributed by atoms with Crippen LogP contribution in [0.1, 0.15) is 22.8 Å². The van der Waals surface area contributed by atoms with E-state index in [9.17, 15) is 0 Å². The van der Waals surface area contributed by atoms with Gasteiger partial charge in [-0.25, -0.2) is 28.2 Å². The molecule has 0 radical (unpaired) electrons. The van der Waals surface area contributed by atoms with E-state index in [0.717, 1.165) is 122 Å². The lowest BCUT2D eigenvalue weighted by Gasteiger charge is -2.07. The summed E-state index contributed by atoms with van der Waals surface area (Å²) in [6, 6.07) is 45.5. The number of halogens is 4. The number of aromatic amines is 2. The molecule has 12 rings (SSSR count). The number of rotatable bonds is 4. The summed E-state index contributed by atoms with van der Waals surface area (Å²) in [6.45, 7) is 0. The maximum absolute atomic E-state index is 5.60. The summed E-state index contributed by atoms with van der Waals surface area (Å²) in [5.41, 5.74) is 19.1. The molecule has 0 spiro atoms. The van der Waals surface area contributed by atoms with Crippen LogP contribution in [0.3, 0.4) is 0 Å². The molecule has 0 unspecified atom stereocenters. The first-order valence-corrected chi connectivity index (χ1v) is 21.6. The standard InChI is InChI=1S/C56H44N8.4ClH/c1-61-27-11-15-38(31-61)53-42-19-21-44(57-42)54(39-28-35-12-5-8-16-50(35)62(2)32-39)46-23-25-48(59-46)56(41-30-37-14-7-10-18-52(37)64(4)34-41)49-26-24-47(60-49)55(45-22-20-43(53)58-45)40-29-36-13-6-9-17-51(36)63(3)33-40;;;;/h5-34,57,60H,1-4H3;4*1H/q+4;;;;/p-4. The Balaban J connectivity index is 0.00000156. The smallest absolute Gasteiger partial charge is 0.212 e. The number of fused-ring (bicyclic) bond motifs is 11. The van der Waals surface area contributed by atoms with E-state index in [1.165, 1.54) is 0 Å². The molecular formula is C56H44Cl4N8. The Kier molecular flexibility index (Phi) is 13.1. The zero-order valence-electron chi connectivity index (χ0n) is 37.5. The number of para-hydroxylation sites is 3. The minimum atomic E-state index is 0. The molecule has 0 amide bonds. The van der Waals surface area contributed by atoms with Crippen LogP contribution < -0.4 is 67.9 Å². The number of hydrogen-bond donors (Lipinski definition) is 2. The maximum Gasteiger partial charge on any atom is 0.212 e. The predicted molar refractivity (Wildman–Crippen MR) is 258 cm³/mol. The normalized spacial score (nSPS) is 11.5. The topological polar surface area (TPSA) is 72.9 Å². The van der Waals surface area contributed by atoms with Crippen LogP contribution in [-0.2, 0) is 28.2 Å². The Morgan fingerprint density at radius 3 is 1.01 bits per heavy atom. The van der Waals surface area contributed by atoms with E-state index in [2.05, 4.69) is 239 Å². The molecule has 0 atom stereocenters. The Morgan fingerprint density at radius 2 is 0.676 bits per heavy atom. The molecule has 0 saturated heterocycles. The second-order valence-corrected chi connectivity index (χ2v) is 17.0. The monoisotopic (exact) mass is 968 g/mol. The van der Waals surface area contributed by atoms with Crippen molar-refractivity contribution >= 4 is 79.1 Å². The summed E-state index contributed by atoms with van der Waals surface area (Å²) < 4.78 is 8.71. The van der Waals surface area contributed by atoms with Crippen LogP contribution in [0.25, 0.3) is 124 Å². The minimum absolute atomic E-state index is 0. The summed E-state index contributed by atoms with van der Waals surface area (Å²) >= 11 is 0. The molecule has 8 nitrogen and oxygen atoms in total. The third kappa shape index (κ3) is 8.09. The minimum Gasteiger partial charge on any atom is -1.00 e. The van der Waals surface area contributed by atoms with E-state index in [1.807, 2.05) is 0 Å². The fourth-order valence-corrected chi connectivity index (χ4v) is 9.81. The molecule has 0 fully saturated rings. The lowest BCUT2D eigenvalue weighted by molar-refractivity contribution is -0.671. The molecule has 2 N–H and O–H groups in total. The highest BCUT2D eigenvalue weighted by Crippen LogP contribution is 2.39. The van der Waals surface area contributed by atoms with Gasteiger partial charge in [-0.3, -0.25) is 0 Å². The van der Waals surface area contributed by atoms with Gasteiger partial charge in [-0.2, -0.15) is 0 Å². The van der Waals surface area contributed by atoms with Crippen LogP contribution in [0.5, 0.6) is 0 Å². The summed E-state index contributed by atoms with van der Waals surface area (Å²) in [6.07, 6.45) is 19.5. The van der Waals surface area contributed by atoms with Gasteiger partial charge in [-0.05, 0) is 91.0 Å². The van der Waals surface area contributed by atoms with Gasteiger partial charge in [-0.15, -0.1) is 0 Å². The van der Waals surface area contributed by atoms with Crippen molar-refractivity contribution in [1.29, 1.82) is 0 Å². The fourth-order valence-electron chi connectivity index (χ4n) is 9.81. The number of H-pyrrole nitrogens is 2. The van der Waals surface area contributed by atoms with Crippen molar-refractivity contribution < 1.29 is 67.9 Å². The number of nitrogens with one attached hydrogen (secondary N) is 2. The highest BCUT2D eigenvalue weighted by molar-refractivity contribution is 6.01. The maximum atomic E-state index is 5.60. The van der Waals surface area contributed by atoms with E-state index in [4.69, 9.17) is 9.97 Å². The highest BCUT2D eigenvalue weighted by Gasteiger charge is 2.23. The molecular weight excluding hydrogens is 926 g/mol. The van der Waals surface area contributed by atoms with Gasteiger partial charge in [0.05, 0.1) is 39.5 Å². The third-order valence-electron chi connectivity index (χ3n) is 12.7. The average Bonchev–Trinajstić information content (AvgIpc) is 4.15. The molecule has 336 valence electrons. The molecule has 12 heteroatoms. The Labute approximate surface area is 418 Å². The molecule has 2 aliphatic rings. The lowest BCUT2D eigenvalue weighted by Crippen LogP contribution is -3.00. The molecule has 7 aromatic heterocycles. The first-order chi connectivity index (χ1) is 31.3. The van der Waals surface area contributed by atoms with Gasteiger partial charge in [0.1, 0.15) is 28.2 Å². The van der Waals surface area contributed by atoms with Gasteiger partial charge in [0, 0.05) is 90.3 Å². The molecule has 10 aromatic rings. The molecule has 0 saturated carbocycles. The summed E-state index contributed by atoms with van der Waals surface area (Å²) in [7, 11) is 8.41. The van der Waals surface area contributed by atoms with Gasteiger partial charge in [-0.1, -0.05) is 36.4 Å². The van der Waals surface area contributed by atoms with Crippen LogP contribution in [-0.4, -0.2) is 19.9 Å². The van der Waals surface area contributed by atoms with Gasteiger partial charge in [0.2, 0.25) is 16.6 Å². The average molecular weight is 971 g/mol. The van der Waals surface area contributed by atoms with Crippen LogP contribution in [0.4, 0.5) is 0 Å². The summed E-state index contributed by atoms with van der Waals surface area (Å²) in [5.74, 6) is 0. The van der Waals surface area contributed by atoms with E-state index in [1.54, 1.807) is 0 Å². The first-order valence-electron chi connectivity index (χ1n) is 21.6. The highest BCUT2D eigenvalue weighted by atomic mass is 35.5. The number of pyridine rings is 4. The van der Waals surface area contributed by atoms with Gasteiger partial charge >= 0.3 is 0 Å². The van der Waals surface area contributed by atoms with Crippen LogP contribution in [0.2, 0.25) is 0 Å². The molecule has 2 aliphatic heterocycles. The number of benzene rings is 3. The van der Waals surface area contributed by atoms with E-state index in [0.29, 0.717) is 0 Å². The number of hydrogen-bond acceptors (Lipinski definition) is 2. The Bertz CT molecular complexity index is 3790. The fraction of sp³-hybridized carbons (Fsp3) is 0.0714.